The number of nitrogens with one attached hydrogen (secondary N) is 1. The van der Waals surface area contributed by atoms with E-state index < -0.39 is 10.0 Å². The monoisotopic (exact) mass is 297 g/mol. The van der Waals surface area contributed by atoms with E-state index in [0.717, 1.165) is 31.0 Å². The number of para-hydroxylation sites is 2. The Morgan fingerprint density at radius 2 is 1.90 bits per heavy atom. The molecule has 1 aliphatic heterocycles. The van der Waals surface area contributed by atoms with Crippen molar-refractivity contribution in [2.75, 3.05) is 48.2 Å². The molecule has 0 bridgehead atoms. The van der Waals surface area contributed by atoms with Gasteiger partial charge in [0.1, 0.15) is 0 Å². The molecular weight excluding hydrogens is 274 g/mol. The highest BCUT2D eigenvalue weighted by Gasteiger charge is 2.28. The lowest BCUT2D eigenvalue weighted by Gasteiger charge is -2.36. The number of anilines is 2. The fourth-order valence-electron chi connectivity index (χ4n) is 2.44. The standard InChI is InChI=1S/C14H23N3O2S/c1-3-15-9-6-12-20(18,19)17-11-10-16(2)13-7-4-5-8-14(13)17/h4-5,7-8,15H,3,6,9-12H2,1-2H3. The number of rotatable bonds is 6. The molecule has 1 N–H and O–H groups in total. The van der Waals surface area contributed by atoms with E-state index in [1.807, 2.05) is 38.2 Å². The van der Waals surface area contributed by atoms with Crippen LogP contribution in [0.3, 0.4) is 0 Å². The Balaban J connectivity index is 2.14. The third-order valence-electron chi connectivity index (χ3n) is 3.54. The summed E-state index contributed by atoms with van der Waals surface area (Å²) in [4.78, 5) is 2.10. The largest absolute Gasteiger partial charge is 0.371 e. The zero-order valence-corrected chi connectivity index (χ0v) is 13.0. The first-order valence-corrected chi connectivity index (χ1v) is 8.68. The minimum absolute atomic E-state index is 0.193. The molecule has 0 saturated heterocycles. The normalized spacial score (nSPS) is 15.3. The third-order valence-corrected chi connectivity index (χ3v) is 5.40. The smallest absolute Gasteiger partial charge is 0.235 e. The van der Waals surface area contributed by atoms with E-state index in [0.29, 0.717) is 13.0 Å². The van der Waals surface area contributed by atoms with E-state index in [4.69, 9.17) is 0 Å². The predicted molar refractivity (Wildman–Crippen MR) is 84.0 cm³/mol. The average molecular weight is 297 g/mol. The molecule has 0 amide bonds. The van der Waals surface area contributed by atoms with Gasteiger partial charge in [-0.25, -0.2) is 8.42 Å². The molecule has 0 fully saturated rings. The van der Waals surface area contributed by atoms with E-state index in [2.05, 4.69) is 10.2 Å². The van der Waals surface area contributed by atoms with Crippen LogP contribution in [0.5, 0.6) is 0 Å². The van der Waals surface area contributed by atoms with Crippen LogP contribution in [-0.2, 0) is 10.0 Å². The summed E-state index contributed by atoms with van der Waals surface area (Å²) in [5.41, 5.74) is 1.78. The van der Waals surface area contributed by atoms with Crippen molar-refractivity contribution in [1.29, 1.82) is 0 Å². The summed E-state index contributed by atoms with van der Waals surface area (Å²) in [7, 11) is -1.24. The zero-order chi connectivity index (χ0) is 14.6. The SMILES string of the molecule is CCNCCCS(=O)(=O)N1CCN(C)c2ccccc21. The van der Waals surface area contributed by atoms with Gasteiger partial charge in [0.05, 0.1) is 23.7 Å². The highest BCUT2D eigenvalue weighted by Crippen LogP contribution is 2.33. The number of fused-ring (bicyclic) bond motifs is 1. The Morgan fingerprint density at radius 3 is 2.60 bits per heavy atom. The van der Waals surface area contributed by atoms with Crippen molar-refractivity contribution in [2.45, 2.75) is 13.3 Å². The van der Waals surface area contributed by atoms with E-state index in [-0.39, 0.29) is 5.75 Å². The van der Waals surface area contributed by atoms with E-state index in [1.54, 1.807) is 4.31 Å². The summed E-state index contributed by atoms with van der Waals surface area (Å²) >= 11 is 0. The lowest BCUT2D eigenvalue weighted by molar-refractivity contribution is 0.583. The number of hydrogen-bond acceptors (Lipinski definition) is 4. The van der Waals surface area contributed by atoms with Crippen LogP contribution in [0.15, 0.2) is 24.3 Å². The van der Waals surface area contributed by atoms with Gasteiger partial charge in [-0.2, -0.15) is 0 Å². The van der Waals surface area contributed by atoms with Gasteiger partial charge in [0.25, 0.3) is 0 Å². The van der Waals surface area contributed by atoms with Gasteiger partial charge in [0.2, 0.25) is 10.0 Å². The molecule has 0 unspecified atom stereocenters. The first kappa shape index (κ1) is 15.1. The topological polar surface area (TPSA) is 52.7 Å². The Kier molecular flexibility index (Phi) is 4.88. The molecule has 1 aliphatic rings. The van der Waals surface area contributed by atoms with Gasteiger partial charge in [0.15, 0.2) is 0 Å². The van der Waals surface area contributed by atoms with Gasteiger partial charge in [0, 0.05) is 13.6 Å². The van der Waals surface area contributed by atoms with Crippen molar-refractivity contribution >= 4 is 21.4 Å². The van der Waals surface area contributed by atoms with Gasteiger partial charge in [-0.05, 0) is 31.6 Å². The van der Waals surface area contributed by atoms with E-state index in [9.17, 15) is 8.42 Å². The third kappa shape index (κ3) is 3.24. The Morgan fingerprint density at radius 1 is 1.20 bits per heavy atom. The number of nitrogens with zero attached hydrogens (tertiary/aromatic N) is 2. The number of benzene rings is 1. The minimum Gasteiger partial charge on any atom is -0.371 e. The second-order valence-corrected chi connectivity index (χ2v) is 7.02. The van der Waals surface area contributed by atoms with Crippen molar-refractivity contribution in [3.8, 4) is 0 Å². The summed E-state index contributed by atoms with van der Waals surface area (Å²) in [5.74, 6) is 0.193. The molecule has 0 aromatic heterocycles. The maximum absolute atomic E-state index is 12.5. The van der Waals surface area contributed by atoms with Crippen LogP contribution in [0.4, 0.5) is 11.4 Å². The van der Waals surface area contributed by atoms with Crippen LogP contribution in [0.25, 0.3) is 0 Å². The highest BCUT2D eigenvalue weighted by atomic mass is 32.2. The molecule has 0 radical (unpaired) electrons. The summed E-state index contributed by atoms with van der Waals surface area (Å²) < 4.78 is 26.6. The van der Waals surface area contributed by atoms with Gasteiger partial charge in [-0.3, -0.25) is 4.31 Å². The van der Waals surface area contributed by atoms with Crippen LogP contribution in [0.1, 0.15) is 13.3 Å². The molecule has 1 aromatic rings. The molecule has 1 heterocycles. The first-order chi connectivity index (χ1) is 9.56. The van der Waals surface area contributed by atoms with Crippen molar-refractivity contribution in [3.63, 3.8) is 0 Å². The Bertz CT molecular complexity index is 545. The van der Waals surface area contributed by atoms with Crippen LogP contribution in [-0.4, -0.2) is 47.4 Å². The molecule has 20 heavy (non-hydrogen) atoms. The molecule has 112 valence electrons. The lowest BCUT2D eigenvalue weighted by atomic mass is 10.2. The molecule has 1 aromatic carbocycles. The molecular formula is C14H23N3O2S. The summed E-state index contributed by atoms with van der Waals surface area (Å²) in [6.07, 6.45) is 0.644. The van der Waals surface area contributed by atoms with Gasteiger partial charge in [-0.1, -0.05) is 19.1 Å². The molecule has 2 rings (SSSR count). The van der Waals surface area contributed by atoms with Crippen molar-refractivity contribution in [2.24, 2.45) is 0 Å². The number of sulfonamides is 1. The molecule has 0 atom stereocenters. The predicted octanol–water partition coefficient (Wildman–Crippen LogP) is 1.27. The first-order valence-electron chi connectivity index (χ1n) is 7.07. The molecule has 0 aliphatic carbocycles. The van der Waals surface area contributed by atoms with Gasteiger partial charge >= 0.3 is 0 Å². The van der Waals surface area contributed by atoms with Crippen LogP contribution in [0.2, 0.25) is 0 Å². The number of likely N-dealkylation sites (N-methyl/N-ethyl adjacent to an activating group) is 1. The van der Waals surface area contributed by atoms with Crippen molar-refractivity contribution < 1.29 is 8.42 Å². The second-order valence-electron chi connectivity index (χ2n) is 5.01. The average Bonchev–Trinajstić information content (AvgIpc) is 2.44. The fourth-order valence-corrected chi connectivity index (χ4v) is 3.98. The molecule has 0 spiro atoms. The van der Waals surface area contributed by atoms with Crippen molar-refractivity contribution in [1.82, 2.24) is 5.32 Å². The quantitative estimate of drug-likeness (QED) is 0.804. The van der Waals surface area contributed by atoms with Crippen LogP contribution < -0.4 is 14.5 Å². The lowest BCUT2D eigenvalue weighted by Crippen LogP contribution is -2.43. The van der Waals surface area contributed by atoms with Crippen LogP contribution >= 0.6 is 0 Å². The molecule has 6 heteroatoms. The highest BCUT2D eigenvalue weighted by molar-refractivity contribution is 7.92. The van der Waals surface area contributed by atoms with Crippen molar-refractivity contribution in [3.05, 3.63) is 24.3 Å². The van der Waals surface area contributed by atoms with Gasteiger partial charge < -0.3 is 10.2 Å². The maximum Gasteiger partial charge on any atom is 0.235 e. The van der Waals surface area contributed by atoms with E-state index >= 15 is 0 Å². The fraction of sp³-hybridized carbons (Fsp3) is 0.571. The minimum atomic E-state index is -3.23. The summed E-state index contributed by atoms with van der Waals surface area (Å²) in [6, 6.07) is 7.68. The Labute approximate surface area is 121 Å². The van der Waals surface area contributed by atoms with E-state index in [1.165, 1.54) is 0 Å². The second kappa shape index (κ2) is 6.45. The molecule has 0 saturated carbocycles. The van der Waals surface area contributed by atoms with Crippen LogP contribution in [0, 0.1) is 0 Å². The zero-order valence-electron chi connectivity index (χ0n) is 12.2. The summed E-state index contributed by atoms with van der Waals surface area (Å²) in [6.45, 7) is 4.88. The van der Waals surface area contributed by atoms with Gasteiger partial charge in [-0.15, -0.1) is 0 Å². The maximum atomic E-state index is 12.5. The summed E-state index contributed by atoms with van der Waals surface area (Å²) in [5, 5.41) is 3.16. The Hall–Kier alpha value is -1.27. The molecule has 5 nitrogen and oxygen atoms in total. The number of hydrogen-bond donors (Lipinski definition) is 1.